The molecule has 0 saturated carbocycles. The minimum absolute atomic E-state index is 0.0895. The van der Waals surface area contributed by atoms with E-state index in [1.807, 2.05) is 18.2 Å². The lowest BCUT2D eigenvalue weighted by Crippen LogP contribution is -2.20. The SMILES string of the molecule is Cc1cccc(CNC(CC#N)c2ccccc2)c1. The Morgan fingerprint density at radius 2 is 1.89 bits per heavy atom. The Morgan fingerprint density at radius 1 is 1.11 bits per heavy atom. The quantitative estimate of drug-likeness (QED) is 0.877. The van der Waals surface area contributed by atoms with Gasteiger partial charge in [-0.1, -0.05) is 60.2 Å². The van der Waals surface area contributed by atoms with Crippen molar-refractivity contribution in [3.8, 4) is 6.07 Å². The number of nitrogens with zero attached hydrogens (tertiary/aromatic N) is 1. The number of hydrogen-bond donors (Lipinski definition) is 1. The first-order valence-corrected chi connectivity index (χ1v) is 6.50. The van der Waals surface area contributed by atoms with Crippen LogP contribution in [0.5, 0.6) is 0 Å². The zero-order valence-electron chi connectivity index (χ0n) is 11.1. The predicted molar refractivity (Wildman–Crippen MR) is 77.4 cm³/mol. The summed E-state index contributed by atoms with van der Waals surface area (Å²) in [6.07, 6.45) is 0.482. The van der Waals surface area contributed by atoms with Gasteiger partial charge in [0, 0.05) is 12.6 Å². The molecule has 0 spiro atoms. The first kappa shape index (κ1) is 13.3. The highest BCUT2D eigenvalue weighted by molar-refractivity contribution is 5.23. The van der Waals surface area contributed by atoms with Gasteiger partial charge in [-0.3, -0.25) is 0 Å². The molecule has 2 rings (SSSR count). The molecule has 0 saturated heterocycles. The third kappa shape index (κ3) is 3.94. The summed E-state index contributed by atoms with van der Waals surface area (Å²) >= 11 is 0. The summed E-state index contributed by atoms with van der Waals surface area (Å²) < 4.78 is 0. The van der Waals surface area contributed by atoms with E-state index in [0.29, 0.717) is 6.42 Å². The van der Waals surface area contributed by atoms with Gasteiger partial charge >= 0.3 is 0 Å². The Kier molecular flexibility index (Phi) is 4.72. The van der Waals surface area contributed by atoms with Gasteiger partial charge in [0.05, 0.1) is 12.5 Å². The van der Waals surface area contributed by atoms with Crippen molar-refractivity contribution in [2.45, 2.75) is 25.9 Å². The molecule has 2 aromatic rings. The number of aryl methyl sites for hydroxylation is 1. The maximum absolute atomic E-state index is 8.95. The standard InChI is InChI=1S/C17H18N2/c1-14-6-5-7-15(12-14)13-19-17(10-11-18)16-8-3-2-4-9-16/h2-9,12,17,19H,10,13H2,1H3. The van der Waals surface area contributed by atoms with E-state index < -0.39 is 0 Å². The summed E-state index contributed by atoms with van der Waals surface area (Å²) in [6, 6.07) is 20.9. The molecule has 0 aliphatic heterocycles. The summed E-state index contributed by atoms with van der Waals surface area (Å²) in [6.45, 7) is 2.87. The van der Waals surface area contributed by atoms with E-state index in [2.05, 4.69) is 54.7 Å². The van der Waals surface area contributed by atoms with Crippen molar-refractivity contribution in [3.63, 3.8) is 0 Å². The second-order valence-electron chi connectivity index (χ2n) is 4.70. The molecule has 0 fully saturated rings. The third-order valence-corrected chi connectivity index (χ3v) is 3.13. The summed E-state index contributed by atoms with van der Waals surface area (Å²) in [4.78, 5) is 0. The lowest BCUT2D eigenvalue weighted by Gasteiger charge is -2.16. The average molecular weight is 250 g/mol. The van der Waals surface area contributed by atoms with Crippen LogP contribution in [-0.4, -0.2) is 0 Å². The van der Waals surface area contributed by atoms with Crippen molar-refractivity contribution < 1.29 is 0 Å². The average Bonchev–Trinajstić information content (AvgIpc) is 2.44. The third-order valence-electron chi connectivity index (χ3n) is 3.13. The highest BCUT2D eigenvalue weighted by atomic mass is 14.9. The van der Waals surface area contributed by atoms with Crippen molar-refractivity contribution in [3.05, 3.63) is 71.3 Å². The molecule has 2 nitrogen and oxygen atoms in total. The van der Waals surface area contributed by atoms with Gasteiger partial charge in [0.25, 0.3) is 0 Å². The molecule has 96 valence electrons. The molecule has 1 unspecified atom stereocenters. The molecule has 0 aromatic heterocycles. The molecule has 0 bridgehead atoms. The van der Waals surface area contributed by atoms with Crippen molar-refractivity contribution in [2.24, 2.45) is 0 Å². The van der Waals surface area contributed by atoms with E-state index in [-0.39, 0.29) is 6.04 Å². The Bertz CT molecular complexity index is 555. The fraction of sp³-hybridized carbons (Fsp3) is 0.235. The van der Waals surface area contributed by atoms with Gasteiger partial charge in [0.1, 0.15) is 0 Å². The minimum Gasteiger partial charge on any atom is -0.305 e. The van der Waals surface area contributed by atoms with Crippen molar-refractivity contribution in [2.75, 3.05) is 0 Å². The largest absolute Gasteiger partial charge is 0.305 e. The van der Waals surface area contributed by atoms with Crippen LogP contribution in [0, 0.1) is 18.3 Å². The van der Waals surface area contributed by atoms with Crippen LogP contribution in [0.2, 0.25) is 0 Å². The van der Waals surface area contributed by atoms with Crippen LogP contribution in [0.4, 0.5) is 0 Å². The molecule has 0 aliphatic carbocycles. The minimum atomic E-state index is 0.0895. The Balaban J connectivity index is 2.04. The number of benzene rings is 2. The molecule has 1 N–H and O–H groups in total. The molecular weight excluding hydrogens is 232 g/mol. The van der Waals surface area contributed by atoms with Crippen LogP contribution in [0.1, 0.15) is 29.2 Å². The molecule has 0 heterocycles. The first-order valence-electron chi connectivity index (χ1n) is 6.50. The van der Waals surface area contributed by atoms with E-state index in [0.717, 1.165) is 12.1 Å². The molecular formula is C17H18N2. The van der Waals surface area contributed by atoms with Gasteiger partial charge in [-0.25, -0.2) is 0 Å². The molecule has 0 aliphatic rings. The number of nitriles is 1. The van der Waals surface area contributed by atoms with Crippen molar-refractivity contribution in [1.29, 1.82) is 5.26 Å². The summed E-state index contributed by atoms with van der Waals surface area (Å²) in [5, 5.41) is 12.4. The molecule has 1 atom stereocenters. The van der Waals surface area contributed by atoms with E-state index >= 15 is 0 Å². The van der Waals surface area contributed by atoms with Crippen molar-refractivity contribution in [1.82, 2.24) is 5.32 Å². The second kappa shape index (κ2) is 6.72. The maximum Gasteiger partial charge on any atom is 0.0641 e. The fourth-order valence-corrected chi connectivity index (χ4v) is 2.15. The number of nitrogens with one attached hydrogen (secondary N) is 1. The van der Waals surface area contributed by atoms with Crippen LogP contribution in [0.25, 0.3) is 0 Å². The van der Waals surface area contributed by atoms with Crippen LogP contribution in [0.15, 0.2) is 54.6 Å². The van der Waals surface area contributed by atoms with Gasteiger partial charge in [-0.2, -0.15) is 5.26 Å². The summed E-state index contributed by atoms with van der Waals surface area (Å²) in [7, 11) is 0. The van der Waals surface area contributed by atoms with Gasteiger partial charge in [0.2, 0.25) is 0 Å². The van der Waals surface area contributed by atoms with Crippen molar-refractivity contribution >= 4 is 0 Å². The molecule has 19 heavy (non-hydrogen) atoms. The Morgan fingerprint density at radius 3 is 2.58 bits per heavy atom. The zero-order chi connectivity index (χ0) is 13.5. The van der Waals surface area contributed by atoms with Gasteiger partial charge in [-0.05, 0) is 18.1 Å². The molecule has 2 aromatic carbocycles. The predicted octanol–water partition coefficient (Wildman–Crippen LogP) is 3.74. The van der Waals surface area contributed by atoms with Gasteiger partial charge < -0.3 is 5.32 Å². The molecule has 0 radical (unpaired) electrons. The van der Waals surface area contributed by atoms with Gasteiger partial charge in [0.15, 0.2) is 0 Å². The molecule has 0 amide bonds. The number of hydrogen-bond acceptors (Lipinski definition) is 2. The summed E-state index contributed by atoms with van der Waals surface area (Å²) in [5.74, 6) is 0. The van der Waals surface area contributed by atoms with Gasteiger partial charge in [-0.15, -0.1) is 0 Å². The zero-order valence-corrected chi connectivity index (χ0v) is 11.1. The molecule has 2 heteroatoms. The highest BCUT2D eigenvalue weighted by Gasteiger charge is 2.09. The number of rotatable bonds is 5. The lowest BCUT2D eigenvalue weighted by atomic mass is 10.0. The highest BCUT2D eigenvalue weighted by Crippen LogP contribution is 2.16. The van der Waals surface area contributed by atoms with Crippen LogP contribution < -0.4 is 5.32 Å². The maximum atomic E-state index is 8.95. The van der Waals surface area contributed by atoms with Crippen LogP contribution in [-0.2, 0) is 6.54 Å². The smallest absolute Gasteiger partial charge is 0.0641 e. The second-order valence-corrected chi connectivity index (χ2v) is 4.70. The normalized spacial score (nSPS) is 11.8. The van der Waals surface area contributed by atoms with E-state index in [9.17, 15) is 0 Å². The van der Waals surface area contributed by atoms with E-state index in [4.69, 9.17) is 5.26 Å². The van der Waals surface area contributed by atoms with Crippen LogP contribution in [0.3, 0.4) is 0 Å². The Hall–Kier alpha value is -2.11. The van der Waals surface area contributed by atoms with Crippen LogP contribution >= 0.6 is 0 Å². The van der Waals surface area contributed by atoms with E-state index in [1.165, 1.54) is 11.1 Å². The topological polar surface area (TPSA) is 35.8 Å². The lowest BCUT2D eigenvalue weighted by molar-refractivity contribution is 0.542. The summed E-state index contributed by atoms with van der Waals surface area (Å²) in [5.41, 5.74) is 3.67. The monoisotopic (exact) mass is 250 g/mol. The Labute approximate surface area is 114 Å². The fourth-order valence-electron chi connectivity index (χ4n) is 2.15. The first-order chi connectivity index (χ1) is 9.29. The van der Waals surface area contributed by atoms with E-state index in [1.54, 1.807) is 0 Å².